The van der Waals surface area contributed by atoms with Gasteiger partial charge in [0.1, 0.15) is 0 Å². The molecule has 114 valence electrons. The van der Waals surface area contributed by atoms with Crippen LogP contribution in [0.15, 0.2) is 30.4 Å². The lowest BCUT2D eigenvalue weighted by Crippen LogP contribution is -2.42. The number of rotatable bonds is 2. The quantitative estimate of drug-likeness (QED) is 0.577. The smallest absolute Gasteiger partial charge is 0.0316 e. The fraction of sp³-hybridized carbons (Fsp3) is 0.600. The van der Waals surface area contributed by atoms with Gasteiger partial charge < -0.3 is 5.73 Å². The van der Waals surface area contributed by atoms with Gasteiger partial charge in [0.05, 0.1) is 0 Å². The van der Waals surface area contributed by atoms with E-state index in [2.05, 4.69) is 45.5 Å². The SMILES string of the molecule is C=C(C)C1(C)CCC2c3ccc(N)cc3CCC2C1CC. The first-order valence-electron chi connectivity index (χ1n) is 8.51. The Morgan fingerprint density at radius 2 is 2.14 bits per heavy atom. The van der Waals surface area contributed by atoms with Crippen molar-refractivity contribution in [3.8, 4) is 0 Å². The topological polar surface area (TPSA) is 26.0 Å². The first-order chi connectivity index (χ1) is 9.97. The second-order valence-corrected chi connectivity index (χ2v) is 7.52. The summed E-state index contributed by atoms with van der Waals surface area (Å²) in [6, 6.07) is 6.60. The number of hydrogen-bond donors (Lipinski definition) is 1. The molecule has 0 heterocycles. The average Bonchev–Trinajstić information content (AvgIpc) is 2.46. The molecule has 1 aromatic rings. The van der Waals surface area contributed by atoms with Crippen molar-refractivity contribution in [2.45, 2.75) is 58.8 Å². The molecule has 3 rings (SSSR count). The van der Waals surface area contributed by atoms with Crippen molar-refractivity contribution in [2.24, 2.45) is 17.3 Å². The van der Waals surface area contributed by atoms with E-state index in [-0.39, 0.29) is 0 Å². The fourth-order valence-corrected chi connectivity index (χ4v) is 5.21. The van der Waals surface area contributed by atoms with E-state index in [4.69, 9.17) is 5.73 Å². The zero-order valence-electron chi connectivity index (χ0n) is 13.8. The number of nitrogen functional groups attached to an aromatic ring is 1. The van der Waals surface area contributed by atoms with E-state index in [1.807, 2.05) is 0 Å². The van der Waals surface area contributed by atoms with Crippen LogP contribution in [-0.4, -0.2) is 0 Å². The van der Waals surface area contributed by atoms with Crippen LogP contribution in [0.4, 0.5) is 5.69 Å². The molecule has 0 aliphatic heterocycles. The Labute approximate surface area is 129 Å². The van der Waals surface area contributed by atoms with Crippen molar-refractivity contribution in [1.29, 1.82) is 0 Å². The third-order valence-electron chi connectivity index (χ3n) is 6.55. The molecule has 2 aliphatic carbocycles. The first-order valence-corrected chi connectivity index (χ1v) is 8.51. The molecule has 1 saturated carbocycles. The summed E-state index contributed by atoms with van der Waals surface area (Å²) in [6.45, 7) is 11.4. The van der Waals surface area contributed by atoms with E-state index in [0.29, 0.717) is 5.41 Å². The monoisotopic (exact) mass is 283 g/mol. The van der Waals surface area contributed by atoms with Gasteiger partial charge in [0.15, 0.2) is 0 Å². The predicted octanol–water partition coefficient (Wildman–Crippen LogP) is 5.32. The summed E-state index contributed by atoms with van der Waals surface area (Å²) >= 11 is 0. The van der Waals surface area contributed by atoms with E-state index in [9.17, 15) is 0 Å². The third-order valence-corrected chi connectivity index (χ3v) is 6.55. The lowest BCUT2D eigenvalue weighted by molar-refractivity contribution is 0.0572. The van der Waals surface area contributed by atoms with Gasteiger partial charge in [-0.05, 0) is 79.0 Å². The highest BCUT2D eigenvalue weighted by molar-refractivity contribution is 5.47. The van der Waals surface area contributed by atoms with Crippen LogP contribution in [0, 0.1) is 17.3 Å². The second kappa shape index (κ2) is 5.19. The molecule has 2 aliphatic rings. The lowest BCUT2D eigenvalue weighted by Gasteiger charge is -2.52. The minimum atomic E-state index is 0.335. The van der Waals surface area contributed by atoms with Crippen LogP contribution in [0.25, 0.3) is 0 Å². The molecule has 0 aromatic heterocycles. The second-order valence-electron chi connectivity index (χ2n) is 7.52. The van der Waals surface area contributed by atoms with Gasteiger partial charge in [-0.2, -0.15) is 0 Å². The molecule has 2 N–H and O–H groups in total. The van der Waals surface area contributed by atoms with Gasteiger partial charge in [-0.25, -0.2) is 0 Å². The number of allylic oxidation sites excluding steroid dienone is 1. The predicted molar refractivity (Wildman–Crippen MR) is 91.3 cm³/mol. The zero-order chi connectivity index (χ0) is 15.2. The number of hydrogen-bond acceptors (Lipinski definition) is 1. The Bertz CT molecular complexity index is 559. The molecule has 1 aromatic carbocycles. The molecule has 0 saturated heterocycles. The van der Waals surface area contributed by atoms with E-state index in [1.54, 1.807) is 5.56 Å². The van der Waals surface area contributed by atoms with Crippen molar-refractivity contribution in [1.82, 2.24) is 0 Å². The zero-order valence-corrected chi connectivity index (χ0v) is 13.8. The van der Waals surface area contributed by atoms with E-state index >= 15 is 0 Å². The van der Waals surface area contributed by atoms with Crippen LogP contribution < -0.4 is 5.73 Å². The Kier molecular flexibility index (Phi) is 3.63. The normalized spacial score (nSPS) is 34.9. The Balaban J connectivity index is 1.98. The van der Waals surface area contributed by atoms with Crippen molar-refractivity contribution in [3.63, 3.8) is 0 Å². The average molecular weight is 283 g/mol. The van der Waals surface area contributed by atoms with Gasteiger partial charge >= 0.3 is 0 Å². The number of fused-ring (bicyclic) bond motifs is 3. The molecule has 4 unspecified atom stereocenters. The number of nitrogens with two attached hydrogens (primary N) is 1. The van der Waals surface area contributed by atoms with Gasteiger partial charge in [-0.3, -0.25) is 0 Å². The van der Waals surface area contributed by atoms with Gasteiger partial charge in [0.25, 0.3) is 0 Å². The molecule has 1 fully saturated rings. The lowest BCUT2D eigenvalue weighted by atomic mass is 9.52. The van der Waals surface area contributed by atoms with Crippen molar-refractivity contribution in [2.75, 3.05) is 5.73 Å². The van der Waals surface area contributed by atoms with Crippen LogP contribution in [0.3, 0.4) is 0 Å². The van der Waals surface area contributed by atoms with Crippen molar-refractivity contribution < 1.29 is 0 Å². The number of aryl methyl sites for hydroxylation is 1. The van der Waals surface area contributed by atoms with Gasteiger partial charge in [-0.15, -0.1) is 0 Å². The van der Waals surface area contributed by atoms with Crippen molar-refractivity contribution >= 4 is 5.69 Å². The van der Waals surface area contributed by atoms with Gasteiger partial charge in [-0.1, -0.05) is 38.5 Å². The molecule has 1 nitrogen and oxygen atoms in total. The Morgan fingerprint density at radius 3 is 2.81 bits per heavy atom. The van der Waals surface area contributed by atoms with Crippen LogP contribution in [0.5, 0.6) is 0 Å². The molecule has 21 heavy (non-hydrogen) atoms. The van der Waals surface area contributed by atoms with Crippen LogP contribution in [0.2, 0.25) is 0 Å². The molecule has 0 spiro atoms. The maximum Gasteiger partial charge on any atom is 0.0316 e. The summed E-state index contributed by atoms with van der Waals surface area (Å²) in [5, 5.41) is 0. The molecule has 1 heteroatoms. The summed E-state index contributed by atoms with van der Waals surface area (Å²) in [5.74, 6) is 2.34. The first kappa shape index (κ1) is 14.7. The Hall–Kier alpha value is -1.24. The summed E-state index contributed by atoms with van der Waals surface area (Å²) in [5.41, 5.74) is 11.7. The summed E-state index contributed by atoms with van der Waals surface area (Å²) in [7, 11) is 0. The number of anilines is 1. The summed E-state index contributed by atoms with van der Waals surface area (Å²) in [6.07, 6.45) is 6.38. The molecule has 0 radical (unpaired) electrons. The third kappa shape index (κ3) is 2.22. The minimum Gasteiger partial charge on any atom is -0.399 e. The number of benzene rings is 1. The Morgan fingerprint density at radius 1 is 1.38 bits per heavy atom. The van der Waals surface area contributed by atoms with Crippen LogP contribution in [-0.2, 0) is 6.42 Å². The highest BCUT2D eigenvalue weighted by atomic mass is 14.6. The highest BCUT2D eigenvalue weighted by Crippen LogP contribution is 2.57. The van der Waals surface area contributed by atoms with Crippen LogP contribution >= 0.6 is 0 Å². The van der Waals surface area contributed by atoms with E-state index in [0.717, 1.165) is 23.4 Å². The molecule has 0 bridgehead atoms. The maximum absolute atomic E-state index is 5.97. The van der Waals surface area contributed by atoms with Crippen molar-refractivity contribution in [3.05, 3.63) is 41.5 Å². The maximum atomic E-state index is 5.97. The fourth-order valence-electron chi connectivity index (χ4n) is 5.21. The molecule has 0 amide bonds. The standard InChI is InChI=1S/C20H29N/c1-5-19-18-8-6-14-12-15(21)7-9-16(14)17(18)10-11-20(19,4)13(2)3/h7,9,12,17-19H,2,5-6,8,10-11,21H2,1,3-4H3. The van der Waals surface area contributed by atoms with E-state index < -0.39 is 0 Å². The van der Waals surface area contributed by atoms with Gasteiger partial charge in [0.2, 0.25) is 0 Å². The molecular formula is C20H29N. The largest absolute Gasteiger partial charge is 0.399 e. The van der Waals surface area contributed by atoms with E-state index in [1.165, 1.54) is 43.2 Å². The molecular weight excluding hydrogens is 254 g/mol. The highest BCUT2D eigenvalue weighted by Gasteiger charge is 2.47. The van der Waals surface area contributed by atoms with Gasteiger partial charge in [0, 0.05) is 5.69 Å². The molecule has 4 atom stereocenters. The summed E-state index contributed by atoms with van der Waals surface area (Å²) in [4.78, 5) is 0. The minimum absolute atomic E-state index is 0.335. The summed E-state index contributed by atoms with van der Waals surface area (Å²) < 4.78 is 0. The van der Waals surface area contributed by atoms with Crippen LogP contribution in [0.1, 0.15) is 63.5 Å².